The Morgan fingerprint density at radius 3 is 2.80 bits per heavy atom. The smallest absolute Gasteiger partial charge is 0.293 e. The van der Waals surface area contributed by atoms with Gasteiger partial charge in [0, 0.05) is 25.6 Å². The van der Waals surface area contributed by atoms with Gasteiger partial charge in [-0.25, -0.2) is 0 Å². The minimum Gasteiger partial charge on any atom is -0.354 e. The van der Waals surface area contributed by atoms with E-state index < -0.39 is 6.04 Å². The van der Waals surface area contributed by atoms with Crippen LogP contribution in [0.2, 0.25) is 0 Å². The Morgan fingerprint density at radius 1 is 1.36 bits per heavy atom. The first-order valence-corrected chi connectivity index (χ1v) is 8.65. The molecule has 0 aliphatic carbocycles. The van der Waals surface area contributed by atoms with Crippen LogP contribution in [0.15, 0.2) is 40.9 Å². The molecule has 1 saturated heterocycles. The maximum Gasteiger partial charge on any atom is 0.293 e. The molecule has 0 spiro atoms. The number of hydrogen-bond donors (Lipinski definition) is 1. The van der Waals surface area contributed by atoms with Crippen molar-refractivity contribution >= 4 is 11.8 Å². The fraction of sp³-hybridized carbons (Fsp3) is 0.421. The van der Waals surface area contributed by atoms with Crippen molar-refractivity contribution in [3.63, 3.8) is 0 Å². The highest BCUT2D eigenvalue weighted by atomic mass is 16.5. The minimum atomic E-state index is -0.551. The number of carbonyl (C=O) groups excluding carboxylic acids is 2. The Labute approximate surface area is 147 Å². The van der Waals surface area contributed by atoms with Gasteiger partial charge in [-0.15, -0.1) is 0 Å². The molecule has 1 fully saturated rings. The van der Waals surface area contributed by atoms with E-state index in [1.807, 2.05) is 44.2 Å². The highest BCUT2D eigenvalue weighted by Gasteiger charge is 2.34. The number of benzene rings is 1. The molecule has 1 aromatic heterocycles. The van der Waals surface area contributed by atoms with Crippen molar-refractivity contribution in [1.29, 1.82) is 0 Å². The first-order valence-electron chi connectivity index (χ1n) is 8.65. The molecule has 25 heavy (non-hydrogen) atoms. The first kappa shape index (κ1) is 17.2. The lowest BCUT2D eigenvalue weighted by Crippen LogP contribution is -2.48. The van der Waals surface area contributed by atoms with Crippen molar-refractivity contribution < 1.29 is 14.1 Å². The fourth-order valence-corrected chi connectivity index (χ4v) is 2.96. The van der Waals surface area contributed by atoms with Gasteiger partial charge in [0.25, 0.3) is 5.91 Å². The number of nitrogens with one attached hydrogen (secondary N) is 1. The van der Waals surface area contributed by atoms with Crippen LogP contribution < -0.4 is 5.32 Å². The van der Waals surface area contributed by atoms with E-state index in [0.717, 1.165) is 11.3 Å². The first-order chi connectivity index (χ1) is 12.1. The minimum absolute atomic E-state index is 0.127. The number of amides is 2. The summed E-state index contributed by atoms with van der Waals surface area (Å²) in [5.74, 6) is -0.0370. The quantitative estimate of drug-likeness (QED) is 0.926. The second-order valence-corrected chi connectivity index (χ2v) is 6.62. The Hall–Kier alpha value is -2.63. The Morgan fingerprint density at radius 2 is 2.12 bits per heavy atom. The van der Waals surface area contributed by atoms with Gasteiger partial charge in [-0.1, -0.05) is 49.3 Å². The molecule has 2 heterocycles. The molecule has 1 atom stereocenters. The fourth-order valence-electron chi connectivity index (χ4n) is 2.96. The molecule has 1 aliphatic heterocycles. The molecule has 0 radical (unpaired) electrons. The SMILES string of the molecule is CC(C)c1cc(C(=O)N2CCCNC(=O)C2Cc2ccccc2)on1. The third-order valence-corrected chi connectivity index (χ3v) is 4.42. The van der Waals surface area contributed by atoms with Crippen LogP contribution >= 0.6 is 0 Å². The summed E-state index contributed by atoms with van der Waals surface area (Å²) in [4.78, 5) is 27.1. The summed E-state index contributed by atoms with van der Waals surface area (Å²) >= 11 is 0. The maximum atomic E-state index is 12.9. The van der Waals surface area contributed by atoms with E-state index >= 15 is 0 Å². The Balaban J connectivity index is 1.86. The van der Waals surface area contributed by atoms with Gasteiger partial charge in [-0.3, -0.25) is 9.59 Å². The van der Waals surface area contributed by atoms with Gasteiger partial charge in [0.15, 0.2) is 0 Å². The molecule has 1 aliphatic rings. The lowest BCUT2D eigenvalue weighted by molar-refractivity contribution is -0.124. The van der Waals surface area contributed by atoms with Gasteiger partial charge in [0.05, 0.1) is 5.69 Å². The molecule has 2 aromatic rings. The van der Waals surface area contributed by atoms with Crippen molar-refractivity contribution in [2.75, 3.05) is 13.1 Å². The molecule has 132 valence electrons. The summed E-state index contributed by atoms with van der Waals surface area (Å²) in [5, 5.41) is 6.86. The molecule has 1 unspecified atom stereocenters. The van der Waals surface area contributed by atoms with E-state index in [-0.39, 0.29) is 23.5 Å². The zero-order valence-electron chi connectivity index (χ0n) is 14.6. The Kier molecular flexibility index (Phi) is 5.16. The Bertz CT molecular complexity index is 739. The van der Waals surface area contributed by atoms with Crippen LogP contribution in [-0.4, -0.2) is 41.0 Å². The van der Waals surface area contributed by atoms with Gasteiger partial charge in [0.1, 0.15) is 6.04 Å². The zero-order chi connectivity index (χ0) is 17.8. The molecule has 1 N–H and O–H groups in total. The second-order valence-electron chi connectivity index (χ2n) is 6.62. The summed E-state index contributed by atoms with van der Waals surface area (Å²) in [6.45, 7) is 5.06. The second kappa shape index (κ2) is 7.51. The summed E-state index contributed by atoms with van der Waals surface area (Å²) in [7, 11) is 0. The van der Waals surface area contributed by atoms with Crippen LogP contribution in [-0.2, 0) is 11.2 Å². The van der Waals surface area contributed by atoms with E-state index in [2.05, 4.69) is 10.5 Å². The number of hydrogen-bond acceptors (Lipinski definition) is 4. The summed E-state index contributed by atoms with van der Waals surface area (Å²) < 4.78 is 5.24. The molecule has 0 saturated carbocycles. The van der Waals surface area contributed by atoms with Crippen LogP contribution in [0, 0.1) is 0 Å². The summed E-state index contributed by atoms with van der Waals surface area (Å²) in [6.07, 6.45) is 1.19. The molecule has 2 amide bonds. The van der Waals surface area contributed by atoms with E-state index in [1.165, 1.54) is 0 Å². The van der Waals surface area contributed by atoms with Crippen molar-refractivity contribution in [1.82, 2.24) is 15.4 Å². The number of rotatable bonds is 4. The number of aromatic nitrogens is 1. The molecular formula is C19H23N3O3. The largest absolute Gasteiger partial charge is 0.354 e. The van der Waals surface area contributed by atoms with Gasteiger partial charge in [0.2, 0.25) is 11.7 Å². The highest BCUT2D eigenvalue weighted by Crippen LogP contribution is 2.19. The van der Waals surface area contributed by atoms with Crippen LogP contribution in [0.3, 0.4) is 0 Å². The van der Waals surface area contributed by atoms with Crippen LogP contribution in [0.4, 0.5) is 0 Å². The van der Waals surface area contributed by atoms with Crippen LogP contribution in [0.5, 0.6) is 0 Å². The van der Waals surface area contributed by atoms with E-state index in [0.29, 0.717) is 25.9 Å². The van der Waals surface area contributed by atoms with Gasteiger partial charge in [-0.05, 0) is 17.9 Å². The zero-order valence-corrected chi connectivity index (χ0v) is 14.6. The molecule has 1 aromatic carbocycles. The monoisotopic (exact) mass is 341 g/mol. The maximum absolute atomic E-state index is 12.9. The van der Waals surface area contributed by atoms with E-state index in [4.69, 9.17) is 4.52 Å². The predicted octanol–water partition coefficient (Wildman–Crippen LogP) is 2.37. The third-order valence-electron chi connectivity index (χ3n) is 4.42. The van der Waals surface area contributed by atoms with Crippen molar-refractivity contribution in [2.24, 2.45) is 0 Å². The summed E-state index contributed by atoms with van der Waals surface area (Å²) in [5.41, 5.74) is 1.75. The number of nitrogens with zero attached hydrogens (tertiary/aromatic N) is 2. The molecule has 6 heteroatoms. The van der Waals surface area contributed by atoms with E-state index in [1.54, 1.807) is 11.0 Å². The number of carbonyl (C=O) groups is 2. The molecule has 6 nitrogen and oxygen atoms in total. The normalized spacial score (nSPS) is 18.1. The third kappa shape index (κ3) is 3.90. The van der Waals surface area contributed by atoms with Gasteiger partial charge in [-0.2, -0.15) is 0 Å². The van der Waals surface area contributed by atoms with Crippen LogP contribution in [0.1, 0.15) is 48.0 Å². The van der Waals surface area contributed by atoms with Crippen LogP contribution in [0.25, 0.3) is 0 Å². The lowest BCUT2D eigenvalue weighted by atomic mass is 10.0. The van der Waals surface area contributed by atoms with Crippen molar-refractivity contribution in [2.45, 2.75) is 38.6 Å². The van der Waals surface area contributed by atoms with Gasteiger partial charge >= 0.3 is 0 Å². The average Bonchev–Trinajstić information content (AvgIpc) is 3.04. The van der Waals surface area contributed by atoms with E-state index in [9.17, 15) is 9.59 Å². The van der Waals surface area contributed by atoms with Crippen molar-refractivity contribution in [3.05, 3.63) is 53.4 Å². The molecule has 0 bridgehead atoms. The standard InChI is InChI=1S/C19H23N3O3/c1-13(2)15-12-17(25-21-15)19(24)22-10-6-9-20-18(23)16(22)11-14-7-4-3-5-8-14/h3-5,7-8,12-13,16H,6,9-11H2,1-2H3,(H,20,23). The predicted molar refractivity (Wildman–Crippen MR) is 93.2 cm³/mol. The highest BCUT2D eigenvalue weighted by molar-refractivity contribution is 5.96. The van der Waals surface area contributed by atoms with Gasteiger partial charge < -0.3 is 14.7 Å². The molecule has 3 rings (SSSR count). The topological polar surface area (TPSA) is 75.4 Å². The summed E-state index contributed by atoms with van der Waals surface area (Å²) in [6, 6.07) is 10.9. The molecular weight excluding hydrogens is 318 g/mol. The lowest BCUT2D eigenvalue weighted by Gasteiger charge is -2.27. The van der Waals surface area contributed by atoms with Crippen molar-refractivity contribution in [3.8, 4) is 0 Å². The average molecular weight is 341 g/mol.